The quantitative estimate of drug-likeness (QED) is 0.235. The van der Waals surface area contributed by atoms with Gasteiger partial charge in [-0.15, -0.1) is 0 Å². The molecule has 5 rings (SSSR count). The van der Waals surface area contributed by atoms with E-state index in [0.29, 0.717) is 74.5 Å². The van der Waals surface area contributed by atoms with Crippen LogP contribution < -0.4 is 14.2 Å². The van der Waals surface area contributed by atoms with Crippen molar-refractivity contribution in [3.63, 3.8) is 0 Å². The number of aliphatic hydroxyl groups excluding tert-OH is 1. The number of morpholine rings is 1. The highest BCUT2D eigenvalue weighted by atomic mass is 16.5. The molecule has 0 aromatic heterocycles. The molecule has 3 aliphatic heterocycles. The maximum absolute atomic E-state index is 13.6. The SMILES string of the molecule is CCOc1cc([C@@H]2/C(=C(\O)c3ccc4c(c3)C[C@H](C)O4)C(=O)C(=O)N2CCN2CCOCC2)ccc1OCCC(C)C. The Labute approximate surface area is 248 Å². The number of ether oxygens (including phenoxy) is 4. The third-order valence-electron chi connectivity index (χ3n) is 8.01. The third kappa shape index (κ3) is 6.42. The van der Waals surface area contributed by atoms with E-state index in [2.05, 4.69) is 18.7 Å². The van der Waals surface area contributed by atoms with Gasteiger partial charge in [-0.2, -0.15) is 0 Å². The van der Waals surface area contributed by atoms with Crippen LogP contribution in [0.4, 0.5) is 0 Å². The molecule has 0 radical (unpaired) electrons. The largest absolute Gasteiger partial charge is 0.507 e. The zero-order valence-electron chi connectivity index (χ0n) is 25.1. The number of hydrogen-bond donors (Lipinski definition) is 1. The Balaban J connectivity index is 1.53. The van der Waals surface area contributed by atoms with Gasteiger partial charge in [-0.05, 0) is 67.6 Å². The van der Waals surface area contributed by atoms with Crippen molar-refractivity contribution in [3.8, 4) is 17.2 Å². The van der Waals surface area contributed by atoms with E-state index in [9.17, 15) is 14.7 Å². The van der Waals surface area contributed by atoms with E-state index in [-0.39, 0.29) is 17.4 Å². The lowest BCUT2D eigenvalue weighted by atomic mass is 9.94. The van der Waals surface area contributed by atoms with Crippen molar-refractivity contribution >= 4 is 17.4 Å². The normalized spacial score (nSPS) is 22.0. The first kappa shape index (κ1) is 29.9. The minimum atomic E-state index is -0.779. The van der Waals surface area contributed by atoms with Crippen LogP contribution in [0.5, 0.6) is 17.2 Å². The van der Waals surface area contributed by atoms with Crippen molar-refractivity contribution in [3.05, 3.63) is 58.7 Å². The van der Waals surface area contributed by atoms with Gasteiger partial charge in [0.15, 0.2) is 11.5 Å². The average Bonchev–Trinajstić information content (AvgIpc) is 3.47. The number of carbonyl (C=O) groups excluding carboxylic acids is 2. The van der Waals surface area contributed by atoms with Crippen molar-refractivity contribution in [2.45, 2.75) is 52.7 Å². The van der Waals surface area contributed by atoms with Crippen LogP contribution in [0.2, 0.25) is 0 Å². The van der Waals surface area contributed by atoms with Gasteiger partial charge in [0.05, 0.1) is 38.0 Å². The number of nitrogens with zero attached hydrogens (tertiary/aromatic N) is 2. The Hall–Kier alpha value is -3.56. The smallest absolute Gasteiger partial charge is 0.295 e. The zero-order valence-corrected chi connectivity index (χ0v) is 25.1. The van der Waals surface area contributed by atoms with E-state index < -0.39 is 17.7 Å². The second kappa shape index (κ2) is 13.2. The van der Waals surface area contributed by atoms with Gasteiger partial charge in [-0.25, -0.2) is 0 Å². The maximum Gasteiger partial charge on any atom is 0.295 e. The number of likely N-dealkylation sites (tertiary alicyclic amines) is 1. The lowest BCUT2D eigenvalue weighted by molar-refractivity contribution is -0.140. The summed E-state index contributed by atoms with van der Waals surface area (Å²) in [6.45, 7) is 12.9. The molecule has 0 aliphatic carbocycles. The highest BCUT2D eigenvalue weighted by Gasteiger charge is 2.46. The summed E-state index contributed by atoms with van der Waals surface area (Å²) in [5.74, 6) is 0.921. The molecule has 2 aromatic rings. The van der Waals surface area contributed by atoms with Crippen LogP contribution in [0.1, 0.15) is 56.8 Å². The van der Waals surface area contributed by atoms with Crippen LogP contribution in [0.25, 0.3) is 5.76 Å². The Morgan fingerprint density at radius 2 is 1.83 bits per heavy atom. The number of carbonyl (C=O) groups is 2. The van der Waals surface area contributed by atoms with Gasteiger partial charge in [-0.1, -0.05) is 19.9 Å². The lowest BCUT2D eigenvalue weighted by Crippen LogP contribution is -2.42. The van der Waals surface area contributed by atoms with E-state index in [1.54, 1.807) is 11.0 Å². The number of amides is 1. The van der Waals surface area contributed by atoms with Crippen molar-refractivity contribution < 1.29 is 33.6 Å². The Morgan fingerprint density at radius 1 is 1.05 bits per heavy atom. The molecular weight excluding hydrogens is 536 g/mol. The molecule has 2 aromatic carbocycles. The van der Waals surface area contributed by atoms with Gasteiger partial charge >= 0.3 is 0 Å². The number of ketones is 1. The Kier molecular flexibility index (Phi) is 9.38. The molecule has 2 saturated heterocycles. The van der Waals surface area contributed by atoms with Gasteiger partial charge in [0.25, 0.3) is 11.7 Å². The van der Waals surface area contributed by atoms with Gasteiger partial charge in [0.1, 0.15) is 17.6 Å². The van der Waals surface area contributed by atoms with Gasteiger partial charge < -0.3 is 29.0 Å². The van der Waals surface area contributed by atoms with E-state index in [1.807, 2.05) is 44.2 Å². The van der Waals surface area contributed by atoms with Gasteiger partial charge in [0.2, 0.25) is 0 Å². The number of rotatable bonds is 11. The summed E-state index contributed by atoms with van der Waals surface area (Å²) in [4.78, 5) is 30.9. The number of fused-ring (bicyclic) bond motifs is 1. The van der Waals surface area contributed by atoms with Crippen molar-refractivity contribution in [1.29, 1.82) is 0 Å². The Bertz CT molecular complexity index is 1330. The highest BCUT2D eigenvalue weighted by Crippen LogP contribution is 2.43. The predicted octanol–water partition coefficient (Wildman–Crippen LogP) is 4.59. The minimum absolute atomic E-state index is 0.0430. The molecule has 226 valence electrons. The Morgan fingerprint density at radius 3 is 2.57 bits per heavy atom. The third-order valence-corrected chi connectivity index (χ3v) is 8.01. The minimum Gasteiger partial charge on any atom is -0.507 e. The average molecular weight is 579 g/mol. The van der Waals surface area contributed by atoms with Gasteiger partial charge in [0, 0.05) is 38.2 Å². The summed E-state index contributed by atoms with van der Waals surface area (Å²) in [5.41, 5.74) is 2.20. The fourth-order valence-electron chi connectivity index (χ4n) is 5.74. The molecule has 0 bridgehead atoms. The highest BCUT2D eigenvalue weighted by molar-refractivity contribution is 6.46. The monoisotopic (exact) mass is 578 g/mol. The van der Waals surface area contributed by atoms with Crippen LogP contribution in [0.3, 0.4) is 0 Å². The molecule has 0 spiro atoms. The summed E-state index contributed by atoms with van der Waals surface area (Å²) in [6, 6.07) is 10.1. The number of hydrogen-bond acceptors (Lipinski definition) is 8. The second-order valence-electron chi connectivity index (χ2n) is 11.6. The van der Waals surface area contributed by atoms with Crippen molar-refractivity contribution in [2.75, 3.05) is 52.6 Å². The number of benzene rings is 2. The zero-order chi connectivity index (χ0) is 29.8. The summed E-state index contributed by atoms with van der Waals surface area (Å²) < 4.78 is 23.3. The molecule has 1 N–H and O–H groups in total. The van der Waals surface area contributed by atoms with Crippen molar-refractivity contribution in [1.82, 2.24) is 9.80 Å². The first-order chi connectivity index (χ1) is 20.3. The second-order valence-corrected chi connectivity index (χ2v) is 11.6. The first-order valence-electron chi connectivity index (χ1n) is 15.0. The fraction of sp³-hybridized carbons (Fsp3) is 0.515. The molecule has 3 heterocycles. The van der Waals surface area contributed by atoms with Gasteiger partial charge in [-0.3, -0.25) is 14.5 Å². The standard InChI is InChI=1S/C33H42N2O7/c1-5-40-28-20-23(6-9-27(28)41-15-10-21(2)3)30-29(31(36)24-7-8-26-25(19-24)18-22(4)42-26)32(37)33(38)35(30)12-11-34-13-16-39-17-14-34/h6-9,19-22,30,36H,5,10-18H2,1-4H3/b31-29+/t22-,30+/m0/s1. The summed E-state index contributed by atoms with van der Waals surface area (Å²) in [6.07, 6.45) is 1.66. The molecule has 42 heavy (non-hydrogen) atoms. The van der Waals surface area contributed by atoms with Crippen LogP contribution >= 0.6 is 0 Å². The summed E-state index contributed by atoms with van der Waals surface area (Å²) >= 11 is 0. The molecule has 2 fully saturated rings. The van der Waals surface area contributed by atoms with Crippen LogP contribution in [0.15, 0.2) is 42.0 Å². The molecule has 0 saturated carbocycles. The lowest BCUT2D eigenvalue weighted by Gasteiger charge is -2.31. The molecule has 2 atom stereocenters. The van der Waals surface area contributed by atoms with E-state index in [0.717, 1.165) is 30.8 Å². The maximum atomic E-state index is 13.6. The van der Waals surface area contributed by atoms with Crippen LogP contribution in [0, 0.1) is 5.92 Å². The van der Waals surface area contributed by atoms with Crippen molar-refractivity contribution in [2.24, 2.45) is 5.92 Å². The topological polar surface area (TPSA) is 97.8 Å². The summed E-state index contributed by atoms with van der Waals surface area (Å²) in [7, 11) is 0. The number of aliphatic hydroxyl groups is 1. The number of Topliss-reactive ketones (excluding diaryl/α,β-unsaturated/α-hetero) is 1. The predicted molar refractivity (Wildman–Crippen MR) is 159 cm³/mol. The molecular formula is C33H42N2O7. The molecule has 0 unspecified atom stereocenters. The summed E-state index contributed by atoms with van der Waals surface area (Å²) in [5, 5.41) is 11.6. The van der Waals surface area contributed by atoms with E-state index in [4.69, 9.17) is 18.9 Å². The molecule has 9 nitrogen and oxygen atoms in total. The van der Waals surface area contributed by atoms with Crippen LogP contribution in [-0.2, 0) is 20.7 Å². The van der Waals surface area contributed by atoms with Crippen LogP contribution in [-0.4, -0.2) is 85.3 Å². The molecule has 9 heteroatoms. The van der Waals surface area contributed by atoms with E-state index >= 15 is 0 Å². The first-order valence-corrected chi connectivity index (χ1v) is 15.0. The fourth-order valence-corrected chi connectivity index (χ4v) is 5.74. The molecule has 1 amide bonds. The molecule has 3 aliphatic rings. The van der Waals surface area contributed by atoms with E-state index in [1.165, 1.54) is 0 Å².